The molecule has 0 aliphatic rings. The molecule has 0 radical (unpaired) electrons. The van der Waals surface area contributed by atoms with E-state index in [1.54, 1.807) is 42.5 Å². The van der Waals surface area contributed by atoms with Crippen molar-refractivity contribution in [3.05, 3.63) is 75.9 Å². The zero-order valence-corrected chi connectivity index (χ0v) is 19.5. The summed E-state index contributed by atoms with van der Waals surface area (Å²) in [7, 11) is 2.86. The number of hydrogen-bond donors (Lipinski definition) is 2. The van der Waals surface area contributed by atoms with E-state index >= 15 is 0 Å². The molecular formula is C22H19Cl2N3O4S. The molecule has 2 N–H and O–H groups in total. The minimum atomic E-state index is -0.710. The molecule has 1 heterocycles. The Hall–Kier alpha value is -2.94. The summed E-state index contributed by atoms with van der Waals surface area (Å²) in [5, 5.41) is 6.76. The van der Waals surface area contributed by atoms with Crippen molar-refractivity contribution >= 4 is 52.6 Å². The highest BCUT2D eigenvalue weighted by molar-refractivity contribution is 7.98. The van der Waals surface area contributed by atoms with Gasteiger partial charge in [-0.1, -0.05) is 35.3 Å². The summed E-state index contributed by atoms with van der Waals surface area (Å²) in [5.74, 6) is 0.541. The van der Waals surface area contributed by atoms with Crippen molar-refractivity contribution in [3.8, 4) is 11.5 Å². The standard InChI is InChI=1S/C22H19Cl2N3O4S/c1-30-17-4-3-5-18(31-2)20(17)21(28)27-22(29)26-15-8-9-19(25-11-15)32-12-13-6-7-14(23)10-16(13)24/h3-11H,12H2,1-2H3,(H2,26,27,28,29). The molecule has 32 heavy (non-hydrogen) atoms. The lowest BCUT2D eigenvalue weighted by Gasteiger charge is -2.13. The number of imide groups is 1. The Kier molecular flexibility index (Phi) is 8.21. The number of hydrogen-bond acceptors (Lipinski definition) is 6. The molecule has 3 amide bonds. The van der Waals surface area contributed by atoms with Crippen molar-refractivity contribution in [1.29, 1.82) is 0 Å². The van der Waals surface area contributed by atoms with Crippen molar-refractivity contribution in [2.24, 2.45) is 0 Å². The fraction of sp³-hybridized carbons (Fsp3) is 0.136. The van der Waals surface area contributed by atoms with E-state index in [0.29, 0.717) is 33.0 Å². The summed E-state index contributed by atoms with van der Waals surface area (Å²) in [4.78, 5) is 29.1. The number of nitrogens with one attached hydrogen (secondary N) is 2. The summed E-state index contributed by atoms with van der Waals surface area (Å²) < 4.78 is 10.4. The Morgan fingerprint density at radius 2 is 1.75 bits per heavy atom. The summed E-state index contributed by atoms with van der Waals surface area (Å²) in [6.45, 7) is 0. The molecule has 1 aromatic heterocycles. The normalized spacial score (nSPS) is 10.4. The third-order valence-electron chi connectivity index (χ3n) is 4.27. The van der Waals surface area contributed by atoms with E-state index in [4.69, 9.17) is 32.7 Å². The molecule has 0 atom stereocenters. The Labute approximate surface area is 199 Å². The van der Waals surface area contributed by atoms with E-state index in [2.05, 4.69) is 15.6 Å². The van der Waals surface area contributed by atoms with Crippen LogP contribution in [0.25, 0.3) is 0 Å². The SMILES string of the molecule is COc1cccc(OC)c1C(=O)NC(=O)Nc1ccc(SCc2ccc(Cl)cc2Cl)nc1. The third-order valence-corrected chi connectivity index (χ3v) is 5.85. The van der Waals surface area contributed by atoms with Crippen molar-refractivity contribution in [2.45, 2.75) is 10.8 Å². The smallest absolute Gasteiger partial charge is 0.326 e. The molecule has 0 saturated carbocycles. The van der Waals surface area contributed by atoms with Gasteiger partial charge in [-0.2, -0.15) is 0 Å². The lowest BCUT2D eigenvalue weighted by atomic mass is 10.1. The van der Waals surface area contributed by atoms with E-state index in [1.807, 2.05) is 6.07 Å². The zero-order chi connectivity index (χ0) is 23.1. The van der Waals surface area contributed by atoms with Crippen molar-refractivity contribution in [1.82, 2.24) is 10.3 Å². The van der Waals surface area contributed by atoms with Crippen LogP contribution in [-0.2, 0) is 5.75 Å². The van der Waals surface area contributed by atoms with Gasteiger partial charge in [0.25, 0.3) is 5.91 Å². The second kappa shape index (κ2) is 11.1. The lowest BCUT2D eigenvalue weighted by Crippen LogP contribution is -2.34. The molecule has 3 rings (SSSR count). The number of anilines is 1. The van der Waals surface area contributed by atoms with Crippen LogP contribution in [0.4, 0.5) is 10.5 Å². The van der Waals surface area contributed by atoms with E-state index in [-0.39, 0.29) is 5.56 Å². The summed E-state index contributed by atoms with van der Waals surface area (Å²) >= 11 is 13.6. The van der Waals surface area contributed by atoms with Gasteiger partial charge in [-0.15, -0.1) is 11.8 Å². The monoisotopic (exact) mass is 491 g/mol. The van der Waals surface area contributed by atoms with Gasteiger partial charge in [0.1, 0.15) is 17.1 Å². The molecule has 0 aliphatic heterocycles. The molecule has 7 nitrogen and oxygen atoms in total. The third kappa shape index (κ3) is 6.06. The highest BCUT2D eigenvalue weighted by Gasteiger charge is 2.20. The fourth-order valence-corrected chi connectivity index (χ4v) is 4.13. The molecule has 0 saturated heterocycles. The minimum absolute atomic E-state index is 0.124. The predicted molar refractivity (Wildman–Crippen MR) is 126 cm³/mol. The van der Waals surface area contributed by atoms with Crippen LogP contribution in [0.3, 0.4) is 0 Å². The first-order valence-corrected chi connectivity index (χ1v) is 11.0. The first kappa shape index (κ1) is 23.7. The molecule has 0 fully saturated rings. The number of rotatable bonds is 7. The van der Waals surface area contributed by atoms with E-state index in [1.165, 1.54) is 32.2 Å². The number of urea groups is 1. The molecule has 2 aromatic carbocycles. The number of ether oxygens (including phenoxy) is 2. The highest BCUT2D eigenvalue weighted by atomic mass is 35.5. The van der Waals surface area contributed by atoms with Crippen LogP contribution in [0.15, 0.2) is 59.8 Å². The van der Waals surface area contributed by atoms with Gasteiger partial charge in [0.05, 0.1) is 31.1 Å². The average Bonchev–Trinajstić information content (AvgIpc) is 2.78. The van der Waals surface area contributed by atoms with Crippen LogP contribution in [0.5, 0.6) is 11.5 Å². The van der Waals surface area contributed by atoms with Crippen LogP contribution in [0, 0.1) is 0 Å². The molecule has 0 spiro atoms. The van der Waals surface area contributed by atoms with Crippen molar-refractivity contribution < 1.29 is 19.1 Å². The number of carbonyl (C=O) groups is 2. The second-order valence-electron chi connectivity index (χ2n) is 6.36. The number of carbonyl (C=O) groups excluding carboxylic acids is 2. The molecule has 10 heteroatoms. The number of aromatic nitrogens is 1. The topological polar surface area (TPSA) is 89.5 Å². The Morgan fingerprint density at radius 3 is 2.34 bits per heavy atom. The molecule has 0 unspecified atom stereocenters. The van der Waals surface area contributed by atoms with Gasteiger partial charge in [-0.05, 0) is 42.0 Å². The van der Waals surface area contributed by atoms with Gasteiger partial charge >= 0.3 is 6.03 Å². The molecule has 166 valence electrons. The maximum absolute atomic E-state index is 12.6. The molecule has 0 bridgehead atoms. The number of benzene rings is 2. The zero-order valence-electron chi connectivity index (χ0n) is 17.1. The minimum Gasteiger partial charge on any atom is -0.496 e. The summed E-state index contributed by atoms with van der Waals surface area (Å²) in [5.41, 5.74) is 1.49. The molecular weight excluding hydrogens is 473 g/mol. The van der Waals surface area contributed by atoms with E-state index in [0.717, 1.165) is 10.6 Å². The largest absolute Gasteiger partial charge is 0.496 e. The number of thioether (sulfide) groups is 1. The number of halogens is 2. The first-order valence-electron chi connectivity index (χ1n) is 9.27. The van der Waals surface area contributed by atoms with Gasteiger partial charge in [0, 0.05) is 15.8 Å². The Balaban J connectivity index is 1.58. The maximum atomic E-state index is 12.6. The van der Waals surface area contributed by atoms with Gasteiger partial charge < -0.3 is 14.8 Å². The predicted octanol–water partition coefficient (Wildman–Crippen LogP) is 5.66. The summed E-state index contributed by atoms with van der Waals surface area (Å²) in [6, 6.07) is 13.0. The van der Waals surface area contributed by atoms with E-state index < -0.39 is 11.9 Å². The molecule has 0 aliphatic carbocycles. The Morgan fingerprint density at radius 1 is 1.03 bits per heavy atom. The Bertz CT molecular complexity index is 1100. The van der Waals surface area contributed by atoms with Crippen molar-refractivity contribution in [3.63, 3.8) is 0 Å². The van der Waals surface area contributed by atoms with Gasteiger partial charge in [-0.25, -0.2) is 9.78 Å². The quantitative estimate of drug-likeness (QED) is 0.414. The van der Waals surface area contributed by atoms with Crippen LogP contribution in [0.2, 0.25) is 10.0 Å². The van der Waals surface area contributed by atoms with Gasteiger partial charge in [0.15, 0.2) is 0 Å². The highest BCUT2D eigenvalue weighted by Crippen LogP contribution is 2.29. The van der Waals surface area contributed by atoms with Crippen LogP contribution < -0.4 is 20.1 Å². The van der Waals surface area contributed by atoms with Crippen LogP contribution >= 0.6 is 35.0 Å². The number of nitrogens with zero attached hydrogens (tertiary/aromatic N) is 1. The van der Waals surface area contributed by atoms with Crippen LogP contribution in [-0.4, -0.2) is 31.1 Å². The van der Waals surface area contributed by atoms with Crippen LogP contribution in [0.1, 0.15) is 15.9 Å². The molecule has 3 aromatic rings. The maximum Gasteiger partial charge on any atom is 0.326 e. The lowest BCUT2D eigenvalue weighted by molar-refractivity contribution is 0.0961. The van der Waals surface area contributed by atoms with E-state index in [9.17, 15) is 9.59 Å². The van der Waals surface area contributed by atoms with Crippen molar-refractivity contribution in [2.75, 3.05) is 19.5 Å². The number of pyridine rings is 1. The average molecular weight is 492 g/mol. The summed E-state index contributed by atoms with van der Waals surface area (Å²) in [6.07, 6.45) is 1.50. The number of amides is 3. The fourth-order valence-electron chi connectivity index (χ4n) is 2.73. The second-order valence-corrected chi connectivity index (χ2v) is 8.19. The van der Waals surface area contributed by atoms with Gasteiger partial charge in [0.2, 0.25) is 0 Å². The van der Waals surface area contributed by atoms with Gasteiger partial charge in [-0.3, -0.25) is 10.1 Å². The first-order chi connectivity index (χ1) is 15.4. The number of methoxy groups -OCH3 is 2.